The minimum atomic E-state index is 1.12. The van der Waals surface area contributed by atoms with Crippen molar-refractivity contribution in [2.45, 2.75) is 20.3 Å². The number of hydrogen-bond donors (Lipinski definition) is 0. The van der Waals surface area contributed by atoms with Crippen LogP contribution in [0.2, 0.25) is 0 Å². The van der Waals surface area contributed by atoms with E-state index in [-0.39, 0.29) is 0 Å². The van der Waals surface area contributed by atoms with Crippen molar-refractivity contribution in [1.29, 1.82) is 0 Å². The minimum Gasteiger partial charge on any atom is -0.369 e. The fourth-order valence-electron chi connectivity index (χ4n) is 2.58. The summed E-state index contributed by atoms with van der Waals surface area (Å²) in [6, 6.07) is 4.49. The van der Waals surface area contributed by atoms with E-state index in [1.54, 1.807) is 0 Å². The summed E-state index contributed by atoms with van der Waals surface area (Å²) in [5.74, 6) is 0. The van der Waals surface area contributed by atoms with Crippen molar-refractivity contribution in [2.24, 2.45) is 0 Å². The number of rotatable bonds is 1. The highest BCUT2D eigenvalue weighted by Crippen LogP contribution is 2.31. The molecule has 2 nitrogen and oxygen atoms in total. The Morgan fingerprint density at radius 3 is 2.53 bits per heavy atom. The van der Waals surface area contributed by atoms with E-state index in [0.29, 0.717) is 0 Å². The molecule has 1 aliphatic heterocycles. The summed E-state index contributed by atoms with van der Waals surface area (Å²) < 4.78 is 1.24. The molecule has 2 rings (SSSR count). The third-order valence-corrected chi connectivity index (χ3v) is 4.04. The number of likely N-dealkylation sites (N-methyl/N-ethyl adjacent to an activating group) is 1. The van der Waals surface area contributed by atoms with Gasteiger partial charge in [0, 0.05) is 24.1 Å². The molecule has 0 saturated carbocycles. The fraction of sp³-hybridized carbons (Fsp3) is 0.571. The molecule has 1 heterocycles. The van der Waals surface area contributed by atoms with Gasteiger partial charge in [-0.2, -0.15) is 0 Å². The first kappa shape index (κ1) is 12.9. The molecule has 1 aliphatic rings. The van der Waals surface area contributed by atoms with Crippen molar-refractivity contribution in [1.82, 2.24) is 4.90 Å². The molecule has 0 amide bonds. The van der Waals surface area contributed by atoms with Gasteiger partial charge in [-0.15, -0.1) is 0 Å². The van der Waals surface area contributed by atoms with E-state index in [4.69, 9.17) is 0 Å². The summed E-state index contributed by atoms with van der Waals surface area (Å²) in [6.07, 6.45) is 1.25. The Morgan fingerprint density at radius 2 is 1.82 bits per heavy atom. The smallest absolute Gasteiger partial charge is 0.0540 e. The molecule has 1 aromatic carbocycles. The minimum absolute atomic E-state index is 1.12. The van der Waals surface area contributed by atoms with Gasteiger partial charge in [-0.1, -0.05) is 6.07 Å². The van der Waals surface area contributed by atoms with E-state index in [9.17, 15) is 0 Å². The van der Waals surface area contributed by atoms with E-state index < -0.39 is 0 Å². The molecule has 0 aromatic heterocycles. The third-order valence-electron chi connectivity index (χ3n) is 3.43. The zero-order valence-electron chi connectivity index (χ0n) is 11.0. The molecule has 17 heavy (non-hydrogen) atoms. The van der Waals surface area contributed by atoms with Gasteiger partial charge in [-0.25, -0.2) is 0 Å². The van der Waals surface area contributed by atoms with Crippen LogP contribution in [0.1, 0.15) is 17.5 Å². The number of hydrogen-bond acceptors (Lipinski definition) is 2. The summed E-state index contributed by atoms with van der Waals surface area (Å²) in [4.78, 5) is 4.93. The number of nitrogens with zero attached hydrogens (tertiary/aromatic N) is 2. The SMILES string of the molecule is Cc1cc(C)c(N2CCCN(C)CC2)c(Br)c1. The molecule has 3 heteroatoms. The van der Waals surface area contributed by atoms with Crippen LogP contribution in [0, 0.1) is 13.8 Å². The number of halogens is 1. The van der Waals surface area contributed by atoms with Crippen LogP contribution in [0.15, 0.2) is 16.6 Å². The van der Waals surface area contributed by atoms with Crippen molar-refractivity contribution < 1.29 is 0 Å². The molecule has 0 spiro atoms. The van der Waals surface area contributed by atoms with Gasteiger partial charge in [0.25, 0.3) is 0 Å². The Bertz CT molecular complexity index is 380. The first-order valence-corrected chi connectivity index (χ1v) is 7.07. The maximum Gasteiger partial charge on any atom is 0.0540 e. The number of benzene rings is 1. The van der Waals surface area contributed by atoms with Gasteiger partial charge in [-0.05, 0) is 67.0 Å². The van der Waals surface area contributed by atoms with Crippen LogP contribution in [0.4, 0.5) is 5.69 Å². The van der Waals surface area contributed by atoms with E-state index in [0.717, 1.165) is 19.6 Å². The summed E-state index contributed by atoms with van der Waals surface area (Å²) >= 11 is 3.72. The number of aryl methyl sites for hydroxylation is 2. The van der Waals surface area contributed by atoms with Crippen LogP contribution in [-0.4, -0.2) is 38.1 Å². The molecule has 0 atom stereocenters. The lowest BCUT2D eigenvalue weighted by atomic mass is 10.1. The van der Waals surface area contributed by atoms with Crippen LogP contribution in [0.3, 0.4) is 0 Å². The van der Waals surface area contributed by atoms with Crippen molar-refractivity contribution in [2.75, 3.05) is 38.1 Å². The average molecular weight is 297 g/mol. The summed E-state index contributed by atoms with van der Waals surface area (Å²) in [5, 5.41) is 0. The molecule has 0 unspecified atom stereocenters. The highest BCUT2D eigenvalue weighted by Gasteiger charge is 2.16. The maximum absolute atomic E-state index is 3.72. The van der Waals surface area contributed by atoms with E-state index in [1.807, 2.05) is 0 Å². The van der Waals surface area contributed by atoms with E-state index in [1.165, 1.54) is 34.3 Å². The van der Waals surface area contributed by atoms with E-state index >= 15 is 0 Å². The van der Waals surface area contributed by atoms with Crippen molar-refractivity contribution in [3.63, 3.8) is 0 Å². The van der Waals surface area contributed by atoms with Gasteiger partial charge in [0.2, 0.25) is 0 Å². The molecule has 0 radical (unpaired) electrons. The van der Waals surface area contributed by atoms with E-state index in [2.05, 4.69) is 58.8 Å². The molecular formula is C14H21BrN2. The zero-order valence-corrected chi connectivity index (χ0v) is 12.5. The van der Waals surface area contributed by atoms with Gasteiger partial charge in [0.1, 0.15) is 0 Å². The summed E-state index contributed by atoms with van der Waals surface area (Å²) in [5.41, 5.74) is 4.08. The van der Waals surface area contributed by atoms with Crippen LogP contribution in [0.25, 0.3) is 0 Å². The summed E-state index contributed by atoms with van der Waals surface area (Å²) in [6.45, 7) is 9.00. The molecule has 1 fully saturated rings. The molecule has 94 valence electrons. The third kappa shape index (κ3) is 3.02. The first-order valence-electron chi connectivity index (χ1n) is 6.28. The lowest BCUT2D eigenvalue weighted by molar-refractivity contribution is 0.360. The second kappa shape index (κ2) is 5.40. The lowest BCUT2D eigenvalue weighted by Crippen LogP contribution is -2.29. The zero-order chi connectivity index (χ0) is 12.4. The molecule has 0 N–H and O–H groups in total. The van der Waals surface area contributed by atoms with Gasteiger partial charge < -0.3 is 9.80 Å². The van der Waals surface area contributed by atoms with Gasteiger partial charge in [0.15, 0.2) is 0 Å². The molecule has 0 bridgehead atoms. The predicted octanol–water partition coefficient (Wildman–Crippen LogP) is 3.21. The standard InChI is InChI=1S/C14H21BrN2/c1-11-9-12(2)14(13(15)10-11)17-6-4-5-16(3)7-8-17/h9-10H,4-8H2,1-3H3. The second-order valence-corrected chi connectivity index (χ2v) is 5.91. The van der Waals surface area contributed by atoms with Gasteiger partial charge in [0.05, 0.1) is 5.69 Å². The highest BCUT2D eigenvalue weighted by molar-refractivity contribution is 9.10. The highest BCUT2D eigenvalue weighted by atomic mass is 79.9. The Kier molecular flexibility index (Phi) is 4.10. The quantitative estimate of drug-likeness (QED) is 0.785. The van der Waals surface area contributed by atoms with Crippen LogP contribution < -0.4 is 4.90 Å². The largest absolute Gasteiger partial charge is 0.369 e. The van der Waals surface area contributed by atoms with Crippen LogP contribution >= 0.6 is 15.9 Å². The maximum atomic E-state index is 3.72. The molecule has 1 aromatic rings. The van der Waals surface area contributed by atoms with Gasteiger partial charge >= 0.3 is 0 Å². The second-order valence-electron chi connectivity index (χ2n) is 5.06. The molecular weight excluding hydrogens is 276 g/mol. The average Bonchev–Trinajstić information content (AvgIpc) is 2.42. The fourth-order valence-corrected chi connectivity index (χ4v) is 3.50. The first-order chi connectivity index (χ1) is 8.08. The Balaban J connectivity index is 2.27. The Morgan fingerprint density at radius 1 is 1.06 bits per heavy atom. The number of anilines is 1. The van der Waals surface area contributed by atoms with Crippen molar-refractivity contribution in [3.05, 3.63) is 27.7 Å². The lowest BCUT2D eigenvalue weighted by Gasteiger charge is -2.26. The van der Waals surface area contributed by atoms with Crippen LogP contribution in [-0.2, 0) is 0 Å². The van der Waals surface area contributed by atoms with Gasteiger partial charge in [-0.3, -0.25) is 0 Å². The van der Waals surface area contributed by atoms with Crippen molar-refractivity contribution in [3.8, 4) is 0 Å². The van der Waals surface area contributed by atoms with Crippen molar-refractivity contribution >= 4 is 21.6 Å². The predicted molar refractivity (Wildman–Crippen MR) is 77.9 cm³/mol. The topological polar surface area (TPSA) is 6.48 Å². The normalized spacial score (nSPS) is 18.2. The summed E-state index contributed by atoms with van der Waals surface area (Å²) in [7, 11) is 2.21. The molecule has 0 aliphatic carbocycles. The van der Waals surface area contributed by atoms with Crippen LogP contribution in [0.5, 0.6) is 0 Å². The Labute approximate surface area is 113 Å². The molecule has 1 saturated heterocycles. The Hall–Kier alpha value is -0.540. The monoisotopic (exact) mass is 296 g/mol.